The Hall–Kier alpha value is -4.13. The van der Waals surface area contributed by atoms with Crippen LogP contribution in [0.1, 0.15) is 0 Å². The summed E-state index contributed by atoms with van der Waals surface area (Å²) < 4.78 is 7.38. The van der Waals surface area contributed by atoms with Gasteiger partial charge in [0.25, 0.3) is 5.91 Å². The van der Waals surface area contributed by atoms with Crippen molar-refractivity contribution in [1.29, 1.82) is 0 Å². The van der Waals surface area contributed by atoms with Crippen LogP contribution in [-0.4, -0.2) is 34.5 Å². The van der Waals surface area contributed by atoms with Crippen molar-refractivity contribution in [2.45, 2.75) is 0 Å². The number of aryl methyl sites for hydroxylation is 1. The Balaban J connectivity index is 1.34. The first-order chi connectivity index (χ1) is 15.1. The number of nitrogens with zero attached hydrogens (tertiary/aromatic N) is 2. The number of anilines is 1. The zero-order chi connectivity index (χ0) is 21.6. The van der Waals surface area contributed by atoms with Crippen LogP contribution in [0, 0.1) is 0 Å². The number of hydrogen-bond donors (Lipinski definition) is 2. The smallest absolute Gasteiger partial charge is 0.258 e. The molecule has 156 valence electrons. The summed E-state index contributed by atoms with van der Waals surface area (Å²) >= 11 is 0. The Morgan fingerprint density at radius 1 is 0.935 bits per heavy atom. The first kappa shape index (κ1) is 20.2. The second-order valence-corrected chi connectivity index (χ2v) is 6.99. The number of rotatable bonds is 7. The molecule has 31 heavy (non-hydrogen) atoms. The third kappa shape index (κ3) is 4.90. The van der Waals surface area contributed by atoms with Crippen molar-refractivity contribution in [3.05, 3.63) is 78.9 Å². The highest BCUT2D eigenvalue weighted by Crippen LogP contribution is 2.25. The Morgan fingerprint density at radius 3 is 2.52 bits per heavy atom. The minimum atomic E-state index is -0.368. The molecular weight excluding hydrogens is 392 g/mol. The maximum atomic E-state index is 12.3. The number of benzene rings is 3. The fourth-order valence-corrected chi connectivity index (χ4v) is 3.24. The molecular formula is C24H22N4O3. The minimum Gasteiger partial charge on any atom is -0.484 e. The van der Waals surface area contributed by atoms with Crippen LogP contribution in [0.2, 0.25) is 0 Å². The lowest BCUT2D eigenvalue weighted by molar-refractivity contribution is -0.125. The largest absolute Gasteiger partial charge is 0.484 e. The Labute approximate surface area is 179 Å². The molecule has 4 rings (SSSR count). The molecule has 0 radical (unpaired) electrons. The number of fused-ring (bicyclic) bond motifs is 1. The quantitative estimate of drug-likeness (QED) is 0.486. The van der Waals surface area contributed by atoms with Gasteiger partial charge in [-0.3, -0.25) is 9.59 Å². The number of hydrogen-bond acceptors (Lipinski definition) is 4. The first-order valence-electron chi connectivity index (χ1n) is 9.86. The summed E-state index contributed by atoms with van der Waals surface area (Å²) in [6.45, 7) is -0.299. The molecule has 2 amide bonds. The van der Waals surface area contributed by atoms with Crippen molar-refractivity contribution in [3.8, 4) is 17.1 Å². The highest BCUT2D eigenvalue weighted by atomic mass is 16.5. The Kier molecular flexibility index (Phi) is 5.93. The number of ether oxygens (including phenoxy) is 1. The van der Waals surface area contributed by atoms with Gasteiger partial charge in [0, 0.05) is 18.3 Å². The fourth-order valence-electron chi connectivity index (χ4n) is 3.24. The van der Waals surface area contributed by atoms with Crippen molar-refractivity contribution in [3.63, 3.8) is 0 Å². The monoisotopic (exact) mass is 414 g/mol. The topological polar surface area (TPSA) is 85.2 Å². The Morgan fingerprint density at radius 2 is 1.71 bits per heavy atom. The molecule has 2 N–H and O–H groups in total. The second-order valence-electron chi connectivity index (χ2n) is 6.99. The molecule has 0 saturated heterocycles. The fraction of sp³-hybridized carbons (Fsp3) is 0.125. The summed E-state index contributed by atoms with van der Waals surface area (Å²) in [6.07, 6.45) is 0. The standard InChI is InChI=1S/C24H22N4O3/c1-28-21-13-6-5-12-20(21)27-24(28)17-8-7-9-18(14-17)26-22(29)15-25-23(30)16-31-19-10-3-2-4-11-19/h2-14H,15-16H2,1H3,(H,25,30)(H,26,29). The van der Waals surface area contributed by atoms with Gasteiger partial charge in [-0.05, 0) is 36.4 Å². The lowest BCUT2D eigenvalue weighted by Crippen LogP contribution is -2.35. The van der Waals surface area contributed by atoms with Crippen LogP contribution in [-0.2, 0) is 16.6 Å². The van der Waals surface area contributed by atoms with E-state index in [2.05, 4.69) is 15.6 Å². The average Bonchev–Trinajstić information content (AvgIpc) is 3.14. The normalized spacial score (nSPS) is 10.6. The predicted molar refractivity (Wildman–Crippen MR) is 120 cm³/mol. The highest BCUT2D eigenvalue weighted by molar-refractivity contribution is 5.95. The van der Waals surface area contributed by atoms with Gasteiger partial charge in [0.2, 0.25) is 5.91 Å². The molecule has 0 aliphatic rings. The van der Waals surface area contributed by atoms with Gasteiger partial charge in [-0.15, -0.1) is 0 Å². The Bertz CT molecular complexity index is 1220. The van der Waals surface area contributed by atoms with Crippen LogP contribution < -0.4 is 15.4 Å². The lowest BCUT2D eigenvalue weighted by atomic mass is 10.2. The molecule has 0 fully saturated rings. The van der Waals surface area contributed by atoms with Crippen molar-refractivity contribution in [2.24, 2.45) is 7.05 Å². The molecule has 7 heteroatoms. The number of imidazole rings is 1. The predicted octanol–water partition coefficient (Wildman–Crippen LogP) is 3.37. The lowest BCUT2D eigenvalue weighted by Gasteiger charge is -2.09. The number of carbonyl (C=O) groups is 2. The molecule has 0 atom stereocenters. The van der Waals surface area contributed by atoms with Gasteiger partial charge >= 0.3 is 0 Å². The summed E-state index contributed by atoms with van der Waals surface area (Å²) in [5.41, 5.74) is 3.46. The summed E-state index contributed by atoms with van der Waals surface area (Å²) in [5.74, 6) is 0.715. The van der Waals surface area contributed by atoms with E-state index >= 15 is 0 Å². The zero-order valence-corrected chi connectivity index (χ0v) is 17.0. The van der Waals surface area contributed by atoms with Crippen molar-refractivity contribution in [2.75, 3.05) is 18.5 Å². The number of aromatic nitrogens is 2. The van der Waals surface area contributed by atoms with Crippen LogP contribution in [0.3, 0.4) is 0 Å². The van der Waals surface area contributed by atoms with E-state index in [9.17, 15) is 9.59 Å². The third-order valence-electron chi connectivity index (χ3n) is 4.75. The molecule has 0 aliphatic heterocycles. The third-order valence-corrected chi connectivity index (χ3v) is 4.75. The van der Waals surface area contributed by atoms with E-state index in [1.165, 1.54) is 0 Å². The van der Waals surface area contributed by atoms with E-state index in [0.29, 0.717) is 11.4 Å². The molecule has 0 spiro atoms. The van der Waals surface area contributed by atoms with Crippen LogP contribution in [0.15, 0.2) is 78.9 Å². The van der Waals surface area contributed by atoms with E-state index in [0.717, 1.165) is 22.4 Å². The SMILES string of the molecule is Cn1c(-c2cccc(NC(=O)CNC(=O)COc3ccccc3)c2)nc2ccccc21. The van der Waals surface area contributed by atoms with Crippen LogP contribution in [0.25, 0.3) is 22.4 Å². The molecule has 3 aromatic carbocycles. The van der Waals surface area contributed by atoms with Gasteiger partial charge in [0.1, 0.15) is 11.6 Å². The van der Waals surface area contributed by atoms with E-state index in [1.807, 2.05) is 72.3 Å². The maximum absolute atomic E-state index is 12.3. The number of para-hydroxylation sites is 3. The molecule has 1 aromatic heterocycles. The van der Waals surface area contributed by atoms with Gasteiger partial charge < -0.3 is 19.9 Å². The minimum absolute atomic E-state index is 0.145. The first-order valence-corrected chi connectivity index (χ1v) is 9.86. The van der Waals surface area contributed by atoms with Gasteiger partial charge in [0.15, 0.2) is 6.61 Å². The molecule has 0 saturated carbocycles. The number of amides is 2. The molecule has 4 aromatic rings. The second kappa shape index (κ2) is 9.13. The van der Waals surface area contributed by atoms with Crippen LogP contribution in [0.4, 0.5) is 5.69 Å². The maximum Gasteiger partial charge on any atom is 0.258 e. The van der Waals surface area contributed by atoms with Gasteiger partial charge in [-0.2, -0.15) is 0 Å². The number of carbonyl (C=O) groups excluding carboxylic acids is 2. The molecule has 0 bridgehead atoms. The van der Waals surface area contributed by atoms with Crippen molar-refractivity contribution < 1.29 is 14.3 Å². The van der Waals surface area contributed by atoms with E-state index < -0.39 is 0 Å². The van der Waals surface area contributed by atoms with Crippen molar-refractivity contribution in [1.82, 2.24) is 14.9 Å². The molecule has 0 unspecified atom stereocenters. The van der Waals surface area contributed by atoms with E-state index in [-0.39, 0.29) is 25.0 Å². The van der Waals surface area contributed by atoms with Gasteiger partial charge in [0.05, 0.1) is 17.6 Å². The van der Waals surface area contributed by atoms with Gasteiger partial charge in [-0.25, -0.2) is 4.98 Å². The summed E-state index contributed by atoms with van der Waals surface area (Å²) in [7, 11) is 1.96. The molecule has 7 nitrogen and oxygen atoms in total. The molecule has 1 heterocycles. The zero-order valence-electron chi connectivity index (χ0n) is 17.0. The van der Waals surface area contributed by atoms with Crippen molar-refractivity contribution >= 4 is 28.5 Å². The number of nitrogens with one attached hydrogen (secondary N) is 2. The average molecular weight is 414 g/mol. The summed E-state index contributed by atoms with van der Waals surface area (Å²) in [5, 5.41) is 5.36. The van der Waals surface area contributed by atoms with Gasteiger partial charge in [-0.1, -0.05) is 42.5 Å². The van der Waals surface area contributed by atoms with E-state index in [1.54, 1.807) is 18.2 Å². The van der Waals surface area contributed by atoms with Crippen LogP contribution >= 0.6 is 0 Å². The molecule has 0 aliphatic carbocycles. The highest BCUT2D eigenvalue weighted by Gasteiger charge is 2.11. The van der Waals surface area contributed by atoms with Crippen LogP contribution in [0.5, 0.6) is 5.75 Å². The summed E-state index contributed by atoms with van der Waals surface area (Å²) in [6, 6.07) is 24.4. The summed E-state index contributed by atoms with van der Waals surface area (Å²) in [4.78, 5) is 28.9. The van der Waals surface area contributed by atoms with E-state index in [4.69, 9.17) is 4.74 Å².